The number of rotatable bonds is 5. The highest BCUT2D eigenvalue weighted by atomic mass is 32.2. The van der Waals surface area contributed by atoms with Gasteiger partial charge in [0.2, 0.25) is 0 Å². The van der Waals surface area contributed by atoms with Crippen molar-refractivity contribution in [3.8, 4) is 0 Å². The standard InChI is InChI=1S/C16H18FNO2S/c1-12-5-2-3-6-14(12)10-21(19,20)11-15-8-4-7-13(9-18)16(15)17/h2-8H,9-11,18H2,1H3. The molecule has 0 saturated carbocycles. The summed E-state index contributed by atoms with van der Waals surface area (Å²) in [6.45, 7) is 1.91. The average molecular weight is 307 g/mol. The van der Waals surface area contributed by atoms with Crippen molar-refractivity contribution in [3.63, 3.8) is 0 Å². The largest absolute Gasteiger partial charge is 0.326 e. The summed E-state index contributed by atoms with van der Waals surface area (Å²) < 4.78 is 38.6. The smallest absolute Gasteiger partial charge is 0.158 e. The molecule has 0 heterocycles. The third-order valence-electron chi connectivity index (χ3n) is 3.39. The molecular formula is C16H18FNO2S. The topological polar surface area (TPSA) is 60.2 Å². The Morgan fingerprint density at radius 2 is 1.52 bits per heavy atom. The lowest BCUT2D eigenvalue weighted by Crippen LogP contribution is -2.11. The summed E-state index contributed by atoms with van der Waals surface area (Å²) in [7, 11) is -3.44. The number of hydrogen-bond acceptors (Lipinski definition) is 3. The van der Waals surface area contributed by atoms with Crippen molar-refractivity contribution in [2.24, 2.45) is 5.73 Å². The monoisotopic (exact) mass is 307 g/mol. The first-order valence-corrected chi connectivity index (χ1v) is 8.46. The van der Waals surface area contributed by atoms with Crippen molar-refractivity contribution in [1.82, 2.24) is 0 Å². The van der Waals surface area contributed by atoms with Crippen molar-refractivity contribution in [1.29, 1.82) is 0 Å². The zero-order chi connectivity index (χ0) is 15.5. The van der Waals surface area contributed by atoms with Gasteiger partial charge in [-0.1, -0.05) is 42.5 Å². The molecule has 0 fully saturated rings. The lowest BCUT2D eigenvalue weighted by atomic mass is 10.1. The van der Waals surface area contributed by atoms with Gasteiger partial charge in [-0.3, -0.25) is 0 Å². The van der Waals surface area contributed by atoms with Gasteiger partial charge in [0.25, 0.3) is 0 Å². The maximum absolute atomic E-state index is 14.1. The van der Waals surface area contributed by atoms with Crippen LogP contribution in [0.15, 0.2) is 42.5 Å². The minimum atomic E-state index is -3.44. The Morgan fingerprint density at radius 1 is 0.952 bits per heavy atom. The van der Waals surface area contributed by atoms with Crippen LogP contribution < -0.4 is 5.73 Å². The molecule has 5 heteroatoms. The summed E-state index contributed by atoms with van der Waals surface area (Å²) >= 11 is 0. The van der Waals surface area contributed by atoms with Crippen LogP contribution in [0.5, 0.6) is 0 Å². The molecule has 0 atom stereocenters. The molecule has 0 aliphatic heterocycles. The molecule has 3 nitrogen and oxygen atoms in total. The van der Waals surface area contributed by atoms with Crippen molar-refractivity contribution in [2.45, 2.75) is 25.0 Å². The van der Waals surface area contributed by atoms with Crippen LogP contribution in [0, 0.1) is 12.7 Å². The first-order chi connectivity index (χ1) is 9.93. The number of halogens is 1. The van der Waals surface area contributed by atoms with E-state index in [1.807, 2.05) is 19.1 Å². The second-order valence-corrected chi connectivity index (χ2v) is 7.12. The number of nitrogens with two attached hydrogens (primary N) is 1. The minimum Gasteiger partial charge on any atom is -0.326 e. The van der Waals surface area contributed by atoms with Crippen LogP contribution in [0.2, 0.25) is 0 Å². The molecule has 0 amide bonds. The number of hydrogen-bond donors (Lipinski definition) is 1. The Balaban J connectivity index is 2.24. The van der Waals surface area contributed by atoms with Crippen molar-refractivity contribution < 1.29 is 12.8 Å². The highest BCUT2D eigenvalue weighted by Crippen LogP contribution is 2.19. The van der Waals surface area contributed by atoms with E-state index in [1.165, 1.54) is 6.07 Å². The molecule has 0 aliphatic rings. The maximum Gasteiger partial charge on any atom is 0.158 e. The fourth-order valence-corrected chi connectivity index (χ4v) is 3.80. The molecule has 2 aromatic rings. The van der Waals surface area contributed by atoms with Crippen LogP contribution in [0.3, 0.4) is 0 Å². The van der Waals surface area contributed by atoms with Gasteiger partial charge in [-0.25, -0.2) is 12.8 Å². The predicted molar refractivity (Wildman–Crippen MR) is 81.8 cm³/mol. The Labute approximate surface area is 124 Å². The second kappa shape index (κ2) is 6.37. The highest BCUT2D eigenvalue weighted by Gasteiger charge is 2.17. The zero-order valence-corrected chi connectivity index (χ0v) is 12.7. The first-order valence-electron chi connectivity index (χ1n) is 6.64. The molecule has 2 rings (SSSR count). The van der Waals surface area contributed by atoms with Crippen LogP contribution in [0.25, 0.3) is 0 Å². The summed E-state index contributed by atoms with van der Waals surface area (Å²) in [5.74, 6) is -0.930. The van der Waals surface area contributed by atoms with Crippen LogP contribution in [0.4, 0.5) is 4.39 Å². The van der Waals surface area contributed by atoms with Crippen molar-refractivity contribution >= 4 is 9.84 Å². The van der Waals surface area contributed by atoms with Gasteiger partial charge in [-0.2, -0.15) is 0 Å². The molecule has 21 heavy (non-hydrogen) atoms. The summed E-state index contributed by atoms with van der Waals surface area (Å²) in [6.07, 6.45) is 0. The van der Waals surface area contributed by atoms with Gasteiger partial charge in [-0.15, -0.1) is 0 Å². The fourth-order valence-electron chi connectivity index (χ4n) is 2.20. The molecule has 112 valence electrons. The third-order valence-corrected chi connectivity index (χ3v) is 4.89. The van der Waals surface area contributed by atoms with Gasteiger partial charge >= 0.3 is 0 Å². The average Bonchev–Trinajstić information content (AvgIpc) is 2.43. The molecule has 0 unspecified atom stereocenters. The van der Waals surface area contributed by atoms with Crippen molar-refractivity contribution in [2.75, 3.05) is 0 Å². The number of benzene rings is 2. The Bertz CT molecular complexity index is 742. The predicted octanol–water partition coefficient (Wildman–Crippen LogP) is 2.71. The van der Waals surface area contributed by atoms with E-state index < -0.39 is 15.7 Å². The van der Waals surface area contributed by atoms with E-state index >= 15 is 0 Å². The quantitative estimate of drug-likeness (QED) is 0.924. The van der Waals surface area contributed by atoms with E-state index in [0.29, 0.717) is 5.56 Å². The Morgan fingerprint density at radius 3 is 2.19 bits per heavy atom. The molecule has 0 bridgehead atoms. The van der Waals surface area contributed by atoms with E-state index in [0.717, 1.165) is 11.1 Å². The molecular weight excluding hydrogens is 289 g/mol. The summed E-state index contributed by atoms with van der Waals surface area (Å²) in [5, 5.41) is 0. The van der Waals surface area contributed by atoms with E-state index in [-0.39, 0.29) is 23.6 Å². The van der Waals surface area contributed by atoms with Crippen molar-refractivity contribution in [3.05, 3.63) is 70.5 Å². The second-order valence-electron chi connectivity index (χ2n) is 5.05. The first kappa shape index (κ1) is 15.7. The van der Waals surface area contributed by atoms with Gasteiger partial charge in [0.05, 0.1) is 11.5 Å². The number of sulfone groups is 1. The molecule has 2 aromatic carbocycles. The maximum atomic E-state index is 14.1. The third kappa shape index (κ3) is 3.89. The SMILES string of the molecule is Cc1ccccc1CS(=O)(=O)Cc1cccc(CN)c1F. The molecule has 2 N–H and O–H groups in total. The van der Waals surface area contributed by atoms with Crippen LogP contribution in [-0.4, -0.2) is 8.42 Å². The summed E-state index contributed by atoms with van der Waals surface area (Å²) in [5.41, 5.74) is 7.60. The Hall–Kier alpha value is -1.72. The van der Waals surface area contributed by atoms with E-state index in [1.54, 1.807) is 24.3 Å². The van der Waals surface area contributed by atoms with Gasteiger partial charge in [-0.05, 0) is 18.1 Å². The minimum absolute atomic E-state index is 0.0531. The summed E-state index contributed by atoms with van der Waals surface area (Å²) in [6, 6.07) is 12.0. The van der Waals surface area contributed by atoms with Crippen LogP contribution in [0.1, 0.15) is 22.3 Å². The van der Waals surface area contributed by atoms with Gasteiger partial charge in [0.15, 0.2) is 9.84 Å². The molecule has 0 saturated heterocycles. The highest BCUT2D eigenvalue weighted by molar-refractivity contribution is 7.89. The van der Waals surface area contributed by atoms with Crippen LogP contribution in [-0.2, 0) is 27.9 Å². The Kier molecular flexibility index (Phi) is 4.75. The zero-order valence-electron chi connectivity index (χ0n) is 11.8. The number of aryl methyl sites for hydroxylation is 1. The van der Waals surface area contributed by atoms with Gasteiger partial charge in [0, 0.05) is 17.7 Å². The van der Waals surface area contributed by atoms with Crippen LogP contribution >= 0.6 is 0 Å². The fraction of sp³-hybridized carbons (Fsp3) is 0.250. The van der Waals surface area contributed by atoms with Gasteiger partial charge in [0.1, 0.15) is 5.82 Å². The normalized spacial score (nSPS) is 11.6. The van der Waals surface area contributed by atoms with E-state index in [4.69, 9.17) is 5.73 Å². The molecule has 0 radical (unpaired) electrons. The molecule has 0 spiro atoms. The van der Waals surface area contributed by atoms with Gasteiger partial charge < -0.3 is 5.73 Å². The molecule has 0 aromatic heterocycles. The van der Waals surface area contributed by atoms with E-state index in [2.05, 4.69) is 0 Å². The lowest BCUT2D eigenvalue weighted by Gasteiger charge is -2.09. The van der Waals surface area contributed by atoms with E-state index in [9.17, 15) is 12.8 Å². The lowest BCUT2D eigenvalue weighted by molar-refractivity contribution is 0.581. The molecule has 0 aliphatic carbocycles. The summed E-state index contributed by atoms with van der Waals surface area (Å²) in [4.78, 5) is 0.